The van der Waals surface area contributed by atoms with Crippen molar-refractivity contribution in [1.29, 1.82) is 0 Å². The van der Waals surface area contributed by atoms with E-state index in [1.54, 1.807) is 0 Å². The highest BCUT2D eigenvalue weighted by atomic mass is 28.3. The molecule has 4 heteroatoms. The number of hydrogen-bond donors (Lipinski definition) is 0. The maximum absolute atomic E-state index is 6.00. The first kappa shape index (κ1) is 35.5. The number of benzene rings is 1. The summed E-state index contributed by atoms with van der Waals surface area (Å²) in [5.74, 6) is 2.52. The minimum Gasteiger partial charge on any atom is -0.494 e. The Morgan fingerprint density at radius 1 is 0.707 bits per heavy atom. The molecule has 2 aromatic rings. The molecule has 0 aliphatic carbocycles. The van der Waals surface area contributed by atoms with E-state index in [0.717, 1.165) is 42.5 Å². The molecule has 0 fully saturated rings. The third-order valence-corrected chi connectivity index (χ3v) is 15.7. The van der Waals surface area contributed by atoms with Crippen molar-refractivity contribution in [3.63, 3.8) is 0 Å². The summed E-state index contributed by atoms with van der Waals surface area (Å²) in [5.41, 5.74) is 2.29. The third kappa shape index (κ3) is 13.4. The molecule has 41 heavy (non-hydrogen) atoms. The number of aromatic nitrogens is 2. The number of unbranched alkanes of at least 4 members (excludes halogenated alkanes) is 13. The third-order valence-electron chi connectivity index (χ3n) is 10.0. The van der Waals surface area contributed by atoms with Gasteiger partial charge in [-0.05, 0) is 60.0 Å². The Labute approximate surface area is 255 Å². The minimum absolute atomic E-state index is 0.532. The maximum Gasteiger partial charge on any atom is 0.159 e. The van der Waals surface area contributed by atoms with Gasteiger partial charge >= 0.3 is 0 Å². The Hall–Kier alpha value is -1.68. The van der Waals surface area contributed by atoms with Crippen LogP contribution in [0.3, 0.4) is 0 Å². The van der Waals surface area contributed by atoms with Crippen molar-refractivity contribution >= 4 is 8.07 Å². The van der Waals surface area contributed by atoms with Gasteiger partial charge in [0.2, 0.25) is 0 Å². The number of rotatable bonds is 23. The first-order valence-electron chi connectivity index (χ1n) is 17.2. The van der Waals surface area contributed by atoms with Crippen LogP contribution < -0.4 is 4.74 Å². The van der Waals surface area contributed by atoms with Gasteiger partial charge in [0.25, 0.3) is 0 Å². The molecule has 0 amide bonds. The van der Waals surface area contributed by atoms with Gasteiger partial charge in [0.15, 0.2) is 5.82 Å². The van der Waals surface area contributed by atoms with E-state index < -0.39 is 8.07 Å². The lowest BCUT2D eigenvalue weighted by Crippen LogP contribution is -2.41. The van der Waals surface area contributed by atoms with Crippen molar-refractivity contribution in [2.24, 2.45) is 5.92 Å². The number of ether oxygens (including phenoxy) is 1. The van der Waals surface area contributed by atoms with E-state index in [-0.39, 0.29) is 0 Å². The van der Waals surface area contributed by atoms with Crippen molar-refractivity contribution in [1.82, 2.24) is 9.97 Å². The molecular formula is C37H64N2OSi. The summed E-state index contributed by atoms with van der Waals surface area (Å²) in [6.07, 6.45) is 25.2. The van der Waals surface area contributed by atoms with E-state index in [1.165, 1.54) is 101 Å². The molecule has 0 aliphatic rings. The molecule has 0 spiro atoms. The molecule has 1 aromatic heterocycles. The van der Waals surface area contributed by atoms with Crippen LogP contribution >= 0.6 is 0 Å². The zero-order valence-corrected chi connectivity index (χ0v) is 29.1. The number of aryl methyl sites for hydroxylation is 1. The van der Waals surface area contributed by atoms with Crippen molar-refractivity contribution in [3.8, 4) is 17.1 Å². The lowest BCUT2D eigenvalue weighted by molar-refractivity contribution is 0.304. The van der Waals surface area contributed by atoms with Crippen molar-refractivity contribution in [2.45, 2.75) is 162 Å². The smallest absolute Gasteiger partial charge is 0.159 e. The van der Waals surface area contributed by atoms with Gasteiger partial charge in [-0.3, -0.25) is 0 Å². The number of hydrogen-bond acceptors (Lipinski definition) is 3. The van der Waals surface area contributed by atoms with E-state index in [1.807, 2.05) is 12.4 Å². The summed E-state index contributed by atoms with van der Waals surface area (Å²) in [4.78, 5) is 9.24. The first-order chi connectivity index (χ1) is 19.7. The lowest BCUT2D eigenvalue weighted by atomic mass is 9.99. The van der Waals surface area contributed by atoms with Crippen LogP contribution in [0, 0.1) is 5.92 Å². The molecule has 232 valence electrons. The molecule has 2 rings (SSSR count). The molecule has 1 heterocycles. The van der Waals surface area contributed by atoms with Gasteiger partial charge in [0.05, 0.1) is 14.7 Å². The molecule has 0 unspecified atom stereocenters. The highest BCUT2D eigenvalue weighted by Crippen LogP contribution is 2.46. The largest absolute Gasteiger partial charge is 0.494 e. The SMILES string of the molecule is CCCCCCCCCc1cnc(-c2ccc(OCCCCCCCCCC[Si](C)(C)C(C)(C)C(C)C)cc2)nc1. The summed E-state index contributed by atoms with van der Waals surface area (Å²) in [5, 5.41) is 0.532. The van der Waals surface area contributed by atoms with E-state index in [9.17, 15) is 0 Å². The van der Waals surface area contributed by atoms with Crippen LogP contribution in [0.2, 0.25) is 24.2 Å². The van der Waals surface area contributed by atoms with Crippen LogP contribution in [0.4, 0.5) is 0 Å². The lowest BCUT2D eigenvalue weighted by Gasteiger charge is -2.43. The Kier molecular flexibility index (Phi) is 16.9. The van der Waals surface area contributed by atoms with Crippen LogP contribution in [-0.4, -0.2) is 24.6 Å². The monoisotopic (exact) mass is 580 g/mol. The average molecular weight is 581 g/mol. The molecule has 0 saturated carbocycles. The normalized spacial score (nSPS) is 12.3. The average Bonchev–Trinajstić information content (AvgIpc) is 2.96. The van der Waals surface area contributed by atoms with Crippen molar-refractivity contribution in [3.05, 3.63) is 42.2 Å². The van der Waals surface area contributed by atoms with Gasteiger partial charge in [0, 0.05) is 18.0 Å². The summed E-state index contributed by atoms with van der Waals surface area (Å²) >= 11 is 0. The minimum atomic E-state index is -1.16. The maximum atomic E-state index is 6.00. The summed E-state index contributed by atoms with van der Waals surface area (Å²) < 4.78 is 6.00. The van der Waals surface area contributed by atoms with E-state index in [4.69, 9.17) is 4.74 Å². The van der Waals surface area contributed by atoms with Crippen LogP contribution in [0.5, 0.6) is 5.75 Å². The van der Waals surface area contributed by atoms with Crippen LogP contribution in [0.1, 0.15) is 136 Å². The molecule has 1 aromatic carbocycles. The van der Waals surface area contributed by atoms with E-state index in [2.05, 4.69) is 81.9 Å². The fourth-order valence-electron chi connectivity index (χ4n) is 5.64. The fraction of sp³-hybridized carbons (Fsp3) is 0.730. The quantitative estimate of drug-likeness (QED) is 0.0968. The van der Waals surface area contributed by atoms with Gasteiger partial charge in [0.1, 0.15) is 5.75 Å². The second-order valence-electron chi connectivity index (χ2n) is 14.0. The van der Waals surface area contributed by atoms with Crippen molar-refractivity contribution < 1.29 is 4.74 Å². The molecule has 0 radical (unpaired) electrons. The van der Waals surface area contributed by atoms with Crippen molar-refractivity contribution in [2.75, 3.05) is 6.61 Å². The second-order valence-corrected chi connectivity index (χ2v) is 19.6. The Morgan fingerprint density at radius 3 is 1.78 bits per heavy atom. The molecule has 0 saturated heterocycles. The summed E-state index contributed by atoms with van der Waals surface area (Å²) in [6.45, 7) is 18.1. The zero-order chi connectivity index (χ0) is 30.0. The van der Waals surface area contributed by atoms with Crippen LogP contribution in [0.15, 0.2) is 36.7 Å². The second kappa shape index (κ2) is 19.5. The molecule has 0 bridgehead atoms. The van der Waals surface area contributed by atoms with Crippen LogP contribution in [0.25, 0.3) is 11.4 Å². The van der Waals surface area contributed by atoms with Gasteiger partial charge in [-0.15, -0.1) is 0 Å². The number of nitrogens with zero attached hydrogens (tertiary/aromatic N) is 2. The van der Waals surface area contributed by atoms with Gasteiger partial charge in [-0.1, -0.05) is 137 Å². The van der Waals surface area contributed by atoms with Crippen LogP contribution in [-0.2, 0) is 6.42 Å². The standard InChI is InChI=1S/C37H64N2OSi/c1-8-9-10-11-14-17-20-23-33-30-38-36(39-31-33)34-24-26-35(27-25-34)40-28-21-18-15-12-13-16-19-22-29-41(6,7)37(4,5)32(2)3/h24-27,30-32H,8-23,28-29H2,1-7H3. The van der Waals surface area contributed by atoms with Gasteiger partial charge in [-0.25, -0.2) is 9.97 Å². The Morgan fingerprint density at radius 2 is 1.22 bits per heavy atom. The molecule has 3 nitrogen and oxygen atoms in total. The first-order valence-corrected chi connectivity index (χ1v) is 20.4. The van der Waals surface area contributed by atoms with E-state index in [0.29, 0.717) is 5.04 Å². The molecule has 0 aliphatic heterocycles. The fourth-order valence-corrected chi connectivity index (χ4v) is 8.98. The predicted molar refractivity (Wildman–Crippen MR) is 183 cm³/mol. The van der Waals surface area contributed by atoms with E-state index >= 15 is 0 Å². The highest BCUT2D eigenvalue weighted by Gasteiger charge is 2.40. The molecule has 0 atom stereocenters. The molecule has 0 N–H and O–H groups in total. The summed E-state index contributed by atoms with van der Waals surface area (Å²) in [7, 11) is -1.16. The predicted octanol–water partition coefficient (Wildman–Crippen LogP) is 12.1. The highest BCUT2D eigenvalue weighted by molar-refractivity contribution is 6.80. The summed E-state index contributed by atoms with van der Waals surface area (Å²) in [6, 6.07) is 9.74. The Bertz CT molecular complexity index is 921. The Balaban J connectivity index is 1.52. The van der Waals surface area contributed by atoms with Gasteiger partial charge in [-0.2, -0.15) is 0 Å². The van der Waals surface area contributed by atoms with Gasteiger partial charge < -0.3 is 4.74 Å². The topological polar surface area (TPSA) is 35.0 Å². The molecular weight excluding hydrogens is 517 g/mol. The zero-order valence-electron chi connectivity index (χ0n) is 28.1.